The van der Waals surface area contributed by atoms with E-state index in [4.69, 9.17) is 9.26 Å². The molecule has 0 fully saturated rings. The molecule has 3 aromatic rings. The van der Waals surface area contributed by atoms with Gasteiger partial charge in [0.05, 0.1) is 18.3 Å². The second-order valence-electron chi connectivity index (χ2n) is 5.90. The van der Waals surface area contributed by atoms with Gasteiger partial charge >= 0.3 is 0 Å². The number of benzene rings is 2. The topological polar surface area (TPSA) is 60.2 Å². The van der Waals surface area contributed by atoms with Crippen LogP contribution in [0, 0.1) is 6.92 Å². The zero-order valence-corrected chi connectivity index (χ0v) is 14.1. The SMILES string of the molecule is Cc1cccc(-c2noc(CNc3ccccc3OC(C)C)n2)c1. The number of ether oxygens (including phenoxy) is 1. The number of nitrogens with zero attached hydrogens (tertiary/aromatic N) is 2. The molecule has 0 saturated heterocycles. The highest BCUT2D eigenvalue weighted by atomic mass is 16.5. The van der Waals surface area contributed by atoms with E-state index in [9.17, 15) is 0 Å². The molecule has 0 amide bonds. The van der Waals surface area contributed by atoms with Crippen molar-refractivity contribution < 1.29 is 9.26 Å². The van der Waals surface area contributed by atoms with Crippen molar-refractivity contribution >= 4 is 5.69 Å². The van der Waals surface area contributed by atoms with Crippen molar-refractivity contribution in [2.45, 2.75) is 33.4 Å². The molecule has 24 heavy (non-hydrogen) atoms. The molecule has 1 aromatic heterocycles. The van der Waals surface area contributed by atoms with Crippen LogP contribution in [0.15, 0.2) is 53.1 Å². The van der Waals surface area contributed by atoms with Crippen LogP contribution >= 0.6 is 0 Å². The van der Waals surface area contributed by atoms with Gasteiger partial charge in [-0.15, -0.1) is 0 Å². The number of hydrogen-bond acceptors (Lipinski definition) is 5. The molecule has 124 valence electrons. The average Bonchev–Trinajstić information content (AvgIpc) is 3.02. The van der Waals surface area contributed by atoms with Gasteiger partial charge in [-0.1, -0.05) is 41.1 Å². The molecule has 2 aromatic carbocycles. The lowest BCUT2D eigenvalue weighted by Gasteiger charge is -2.14. The Balaban J connectivity index is 1.70. The van der Waals surface area contributed by atoms with Crippen molar-refractivity contribution in [3.05, 3.63) is 60.0 Å². The van der Waals surface area contributed by atoms with E-state index in [1.807, 2.05) is 69.3 Å². The van der Waals surface area contributed by atoms with Crippen molar-refractivity contribution in [3.63, 3.8) is 0 Å². The molecule has 0 atom stereocenters. The van der Waals surface area contributed by atoms with Crippen LogP contribution in [-0.2, 0) is 6.54 Å². The van der Waals surface area contributed by atoms with Gasteiger partial charge < -0.3 is 14.6 Å². The Hall–Kier alpha value is -2.82. The largest absolute Gasteiger partial charge is 0.489 e. The van der Waals surface area contributed by atoms with Crippen LogP contribution in [-0.4, -0.2) is 16.2 Å². The van der Waals surface area contributed by atoms with E-state index in [-0.39, 0.29) is 6.10 Å². The molecule has 5 heteroatoms. The Kier molecular flexibility index (Phi) is 4.79. The molecule has 0 bridgehead atoms. The third-order valence-electron chi connectivity index (χ3n) is 3.42. The van der Waals surface area contributed by atoms with Gasteiger partial charge in [0.2, 0.25) is 11.7 Å². The van der Waals surface area contributed by atoms with Crippen molar-refractivity contribution in [3.8, 4) is 17.1 Å². The summed E-state index contributed by atoms with van der Waals surface area (Å²) in [6.07, 6.45) is 0.115. The van der Waals surface area contributed by atoms with Crippen LogP contribution in [0.2, 0.25) is 0 Å². The monoisotopic (exact) mass is 323 g/mol. The molecule has 3 rings (SSSR count). The first kappa shape index (κ1) is 16.1. The van der Waals surface area contributed by atoms with Crippen LogP contribution < -0.4 is 10.1 Å². The van der Waals surface area contributed by atoms with Crippen LogP contribution in [0.3, 0.4) is 0 Å². The number of rotatable bonds is 6. The van der Waals surface area contributed by atoms with E-state index < -0.39 is 0 Å². The number of aryl methyl sites for hydroxylation is 1. The number of anilines is 1. The summed E-state index contributed by atoms with van der Waals surface area (Å²) in [6.45, 7) is 6.49. The third kappa shape index (κ3) is 3.93. The Morgan fingerprint density at radius 2 is 1.96 bits per heavy atom. The van der Waals surface area contributed by atoms with Crippen LogP contribution in [0.4, 0.5) is 5.69 Å². The minimum Gasteiger partial charge on any atom is -0.489 e. The quantitative estimate of drug-likeness (QED) is 0.726. The zero-order chi connectivity index (χ0) is 16.9. The standard InChI is InChI=1S/C19H21N3O2/c1-13(2)23-17-10-5-4-9-16(17)20-12-18-21-19(22-24-18)15-8-6-7-14(3)11-15/h4-11,13,20H,12H2,1-3H3. The number of para-hydroxylation sites is 2. The first-order valence-corrected chi connectivity index (χ1v) is 8.01. The molecular formula is C19H21N3O2. The maximum atomic E-state index is 5.79. The van der Waals surface area contributed by atoms with Crippen molar-refractivity contribution in [1.82, 2.24) is 10.1 Å². The van der Waals surface area contributed by atoms with Gasteiger partial charge in [-0.2, -0.15) is 4.98 Å². The van der Waals surface area contributed by atoms with E-state index in [0.29, 0.717) is 18.3 Å². The molecule has 0 aliphatic rings. The lowest BCUT2D eigenvalue weighted by Crippen LogP contribution is -2.08. The molecule has 0 saturated carbocycles. The Labute approximate surface area is 141 Å². The molecule has 0 unspecified atom stereocenters. The molecular weight excluding hydrogens is 302 g/mol. The minimum absolute atomic E-state index is 0.115. The summed E-state index contributed by atoms with van der Waals surface area (Å²) in [6, 6.07) is 15.8. The maximum Gasteiger partial charge on any atom is 0.246 e. The first-order chi connectivity index (χ1) is 11.6. The average molecular weight is 323 g/mol. The Morgan fingerprint density at radius 3 is 2.75 bits per heavy atom. The molecule has 0 aliphatic carbocycles. The molecule has 1 heterocycles. The molecule has 1 N–H and O–H groups in total. The molecule has 5 nitrogen and oxygen atoms in total. The van der Waals surface area contributed by atoms with Crippen molar-refractivity contribution in [2.24, 2.45) is 0 Å². The zero-order valence-electron chi connectivity index (χ0n) is 14.1. The van der Waals surface area contributed by atoms with E-state index in [2.05, 4.69) is 15.5 Å². The lowest BCUT2D eigenvalue weighted by molar-refractivity contribution is 0.243. The van der Waals surface area contributed by atoms with Gasteiger partial charge in [-0.3, -0.25) is 0 Å². The first-order valence-electron chi connectivity index (χ1n) is 8.01. The summed E-state index contributed by atoms with van der Waals surface area (Å²) >= 11 is 0. The second kappa shape index (κ2) is 7.17. The Bertz CT molecular complexity index is 812. The van der Waals surface area contributed by atoms with E-state index in [1.54, 1.807) is 0 Å². The van der Waals surface area contributed by atoms with Gasteiger partial charge in [-0.25, -0.2) is 0 Å². The van der Waals surface area contributed by atoms with Crippen LogP contribution in [0.5, 0.6) is 5.75 Å². The number of hydrogen-bond donors (Lipinski definition) is 1. The highest BCUT2D eigenvalue weighted by Gasteiger charge is 2.10. The second-order valence-corrected chi connectivity index (χ2v) is 5.90. The van der Waals surface area contributed by atoms with Gasteiger partial charge in [-0.05, 0) is 39.0 Å². The highest BCUT2D eigenvalue weighted by Crippen LogP contribution is 2.25. The summed E-state index contributed by atoms with van der Waals surface area (Å²) in [5, 5.41) is 7.34. The normalized spacial score (nSPS) is 10.8. The van der Waals surface area contributed by atoms with Gasteiger partial charge in [0, 0.05) is 5.56 Å². The smallest absolute Gasteiger partial charge is 0.246 e. The summed E-state index contributed by atoms with van der Waals surface area (Å²) < 4.78 is 11.1. The van der Waals surface area contributed by atoms with Crippen molar-refractivity contribution in [1.29, 1.82) is 0 Å². The molecule has 0 aliphatic heterocycles. The lowest BCUT2D eigenvalue weighted by atomic mass is 10.1. The third-order valence-corrected chi connectivity index (χ3v) is 3.42. The van der Waals surface area contributed by atoms with E-state index >= 15 is 0 Å². The van der Waals surface area contributed by atoms with Gasteiger partial charge in [0.25, 0.3) is 0 Å². The minimum atomic E-state index is 0.115. The highest BCUT2D eigenvalue weighted by molar-refractivity contribution is 5.57. The summed E-state index contributed by atoms with van der Waals surface area (Å²) in [7, 11) is 0. The Morgan fingerprint density at radius 1 is 1.12 bits per heavy atom. The van der Waals surface area contributed by atoms with Crippen LogP contribution in [0.1, 0.15) is 25.3 Å². The summed E-state index contributed by atoms with van der Waals surface area (Å²) in [4.78, 5) is 4.45. The summed E-state index contributed by atoms with van der Waals surface area (Å²) in [5.74, 6) is 1.94. The van der Waals surface area contributed by atoms with Crippen LogP contribution in [0.25, 0.3) is 11.4 Å². The van der Waals surface area contributed by atoms with E-state index in [1.165, 1.54) is 0 Å². The van der Waals surface area contributed by atoms with Gasteiger partial charge in [0.1, 0.15) is 5.75 Å². The predicted octanol–water partition coefficient (Wildman–Crippen LogP) is 4.44. The van der Waals surface area contributed by atoms with Gasteiger partial charge in [0.15, 0.2) is 0 Å². The molecule has 0 spiro atoms. The summed E-state index contributed by atoms with van der Waals surface area (Å²) in [5.41, 5.74) is 3.02. The molecule has 0 radical (unpaired) electrons. The fraction of sp³-hybridized carbons (Fsp3) is 0.263. The number of aromatic nitrogens is 2. The van der Waals surface area contributed by atoms with E-state index in [0.717, 1.165) is 22.6 Å². The van der Waals surface area contributed by atoms with Crippen molar-refractivity contribution in [2.75, 3.05) is 5.32 Å². The predicted molar refractivity (Wildman–Crippen MR) is 94.0 cm³/mol. The maximum absolute atomic E-state index is 5.79. The fourth-order valence-corrected chi connectivity index (χ4v) is 2.37. The number of nitrogens with one attached hydrogen (secondary N) is 1. The fourth-order valence-electron chi connectivity index (χ4n) is 2.37.